The molecule has 0 aliphatic carbocycles. The minimum atomic E-state index is -0.748. The SMILES string of the molecule is C=CCOc1ccc([C@@H]2C(C(=O)OCC)=C(C)N=c3s/c(=C\c4cc(Br)c(OCc5ccc(Cl)cc5Cl)c(OC)c4)c(=O)n32)cc1. The van der Waals surface area contributed by atoms with Crippen LogP contribution in [0.3, 0.4) is 0 Å². The molecule has 0 amide bonds. The Morgan fingerprint density at radius 3 is 2.57 bits per heavy atom. The van der Waals surface area contributed by atoms with Gasteiger partial charge in [0.2, 0.25) is 0 Å². The maximum absolute atomic E-state index is 14.0. The number of hydrogen-bond donors (Lipinski definition) is 0. The second-order valence-electron chi connectivity index (χ2n) is 10.0. The molecule has 0 saturated carbocycles. The first-order chi connectivity index (χ1) is 22.1. The fourth-order valence-electron chi connectivity index (χ4n) is 4.91. The third-order valence-electron chi connectivity index (χ3n) is 7.02. The Balaban J connectivity index is 1.55. The molecule has 12 heteroatoms. The van der Waals surface area contributed by atoms with Crippen LogP contribution in [0.5, 0.6) is 17.2 Å². The molecule has 238 valence electrons. The number of halogens is 3. The fraction of sp³-hybridized carbons (Fsp3) is 0.206. The highest BCUT2D eigenvalue weighted by Crippen LogP contribution is 2.38. The van der Waals surface area contributed by atoms with E-state index in [1.54, 1.807) is 62.4 Å². The Labute approximate surface area is 287 Å². The van der Waals surface area contributed by atoms with E-state index in [0.717, 1.165) is 5.56 Å². The number of aromatic nitrogens is 1. The number of carbonyl (C=O) groups excluding carboxylic acids is 1. The molecular formula is C34H29BrCl2N2O6S. The van der Waals surface area contributed by atoms with E-state index in [9.17, 15) is 9.59 Å². The van der Waals surface area contributed by atoms with Gasteiger partial charge in [0.25, 0.3) is 5.56 Å². The summed E-state index contributed by atoms with van der Waals surface area (Å²) >= 11 is 17.2. The summed E-state index contributed by atoms with van der Waals surface area (Å²) in [6, 6.07) is 15.3. The molecule has 0 bridgehead atoms. The van der Waals surface area contributed by atoms with Gasteiger partial charge in [-0.1, -0.05) is 65.4 Å². The first kappa shape index (κ1) is 33.5. The Hall–Kier alpha value is -3.83. The fourth-order valence-corrected chi connectivity index (χ4v) is 7.00. The lowest BCUT2D eigenvalue weighted by Crippen LogP contribution is -2.39. The molecule has 4 aromatic rings. The number of benzene rings is 3. The van der Waals surface area contributed by atoms with Crippen molar-refractivity contribution in [1.82, 2.24) is 4.57 Å². The van der Waals surface area contributed by atoms with E-state index in [1.807, 2.05) is 18.2 Å². The predicted octanol–water partition coefficient (Wildman–Crippen LogP) is 7.02. The van der Waals surface area contributed by atoms with Crippen LogP contribution >= 0.6 is 50.5 Å². The van der Waals surface area contributed by atoms with Gasteiger partial charge in [-0.05, 0) is 83.4 Å². The van der Waals surface area contributed by atoms with Gasteiger partial charge in [-0.25, -0.2) is 9.79 Å². The smallest absolute Gasteiger partial charge is 0.338 e. The summed E-state index contributed by atoms with van der Waals surface area (Å²) in [6.45, 7) is 7.88. The number of allylic oxidation sites excluding steroid dienone is 1. The third kappa shape index (κ3) is 7.10. The number of rotatable bonds is 11. The van der Waals surface area contributed by atoms with E-state index in [4.69, 9.17) is 42.1 Å². The lowest BCUT2D eigenvalue weighted by Gasteiger charge is -2.24. The first-order valence-corrected chi connectivity index (χ1v) is 16.5. The molecule has 1 aliphatic heterocycles. The highest BCUT2D eigenvalue weighted by Gasteiger charge is 2.33. The van der Waals surface area contributed by atoms with Crippen molar-refractivity contribution in [2.24, 2.45) is 4.99 Å². The van der Waals surface area contributed by atoms with Crippen LogP contribution in [-0.2, 0) is 16.1 Å². The van der Waals surface area contributed by atoms with Gasteiger partial charge in [0.05, 0.1) is 40.0 Å². The first-order valence-electron chi connectivity index (χ1n) is 14.1. The maximum Gasteiger partial charge on any atom is 0.338 e. The summed E-state index contributed by atoms with van der Waals surface area (Å²) in [5, 5.41) is 1.03. The number of fused-ring (bicyclic) bond motifs is 1. The molecule has 5 rings (SSSR count). The van der Waals surface area contributed by atoms with Crippen molar-refractivity contribution in [1.29, 1.82) is 0 Å². The highest BCUT2D eigenvalue weighted by molar-refractivity contribution is 9.10. The van der Waals surface area contributed by atoms with Crippen molar-refractivity contribution >= 4 is 62.5 Å². The average Bonchev–Trinajstić information content (AvgIpc) is 3.33. The zero-order valence-corrected chi connectivity index (χ0v) is 29.1. The van der Waals surface area contributed by atoms with Gasteiger partial charge < -0.3 is 18.9 Å². The summed E-state index contributed by atoms with van der Waals surface area (Å²) < 4.78 is 25.3. The topological polar surface area (TPSA) is 88.4 Å². The van der Waals surface area contributed by atoms with Crippen LogP contribution in [0.15, 0.2) is 92.8 Å². The van der Waals surface area contributed by atoms with E-state index in [-0.39, 0.29) is 18.8 Å². The number of esters is 1. The van der Waals surface area contributed by atoms with Gasteiger partial charge in [0.15, 0.2) is 16.3 Å². The van der Waals surface area contributed by atoms with Crippen molar-refractivity contribution in [2.45, 2.75) is 26.5 Å². The van der Waals surface area contributed by atoms with Crippen molar-refractivity contribution in [3.05, 3.63) is 129 Å². The molecule has 0 N–H and O–H groups in total. The lowest BCUT2D eigenvalue weighted by atomic mass is 9.96. The number of hydrogen-bond acceptors (Lipinski definition) is 8. The van der Waals surface area contributed by atoms with E-state index >= 15 is 0 Å². The molecule has 8 nitrogen and oxygen atoms in total. The van der Waals surface area contributed by atoms with E-state index in [0.29, 0.717) is 70.1 Å². The molecule has 0 fully saturated rings. The molecule has 1 aliphatic rings. The summed E-state index contributed by atoms with van der Waals surface area (Å²) in [7, 11) is 1.54. The summed E-state index contributed by atoms with van der Waals surface area (Å²) in [4.78, 5) is 32.4. The van der Waals surface area contributed by atoms with Crippen molar-refractivity contribution in [3.63, 3.8) is 0 Å². The molecule has 1 atom stereocenters. The quantitative estimate of drug-likeness (QED) is 0.121. The zero-order valence-electron chi connectivity index (χ0n) is 25.1. The molecule has 0 spiro atoms. The van der Waals surface area contributed by atoms with Gasteiger partial charge in [-0.2, -0.15) is 0 Å². The summed E-state index contributed by atoms with van der Waals surface area (Å²) in [5.74, 6) is 1.04. The van der Waals surface area contributed by atoms with Crippen LogP contribution in [0, 0.1) is 0 Å². The van der Waals surface area contributed by atoms with Gasteiger partial charge in [-0.15, -0.1) is 0 Å². The highest BCUT2D eigenvalue weighted by atomic mass is 79.9. The molecular weight excluding hydrogens is 715 g/mol. The largest absolute Gasteiger partial charge is 0.493 e. The number of nitrogens with zero attached hydrogens (tertiary/aromatic N) is 2. The molecule has 1 aromatic heterocycles. The third-order valence-corrected chi connectivity index (χ3v) is 9.18. The van der Waals surface area contributed by atoms with Crippen LogP contribution in [0.4, 0.5) is 0 Å². The normalized spacial score (nSPS) is 14.4. The second-order valence-corrected chi connectivity index (χ2v) is 12.7. The predicted molar refractivity (Wildman–Crippen MR) is 184 cm³/mol. The Morgan fingerprint density at radius 1 is 1.13 bits per heavy atom. The number of thiazole rings is 1. The monoisotopic (exact) mass is 742 g/mol. The van der Waals surface area contributed by atoms with Crippen molar-refractivity contribution < 1.29 is 23.7 Å². The summed E-state index contributed by atoms with van der Waals surface area (Å²) in [5.41, 5.74) is 2.64. The minimum Gasteiger partial charge on any atom is -0.493 e. The van der Waals surface area contributed by atoms with Crippen LogP contribution in [0.1, 0.15) is 36.6 Å². The Morgan fingerprint density at radius 2 is 1.89 bits per heavy atom. The van der Waals surface area contributed by atoms with E-state index in [2.05, 4.69) is 27.5 Å². The summed E-state index contributed by atoms with van der Waals surface area (Å²) in [6.07, 6.45) is 3.41. The number of carbonyl (C=O) groups is 1. The number of ether oxygens (including phenoxy) is 4. The Kier molecular flexibility index (Phi) is 10.7. The van der Waals surface area contributed by atoms with Crippen molar-refractivity contribution in [3.8, 4) is 17.2 Å². The molecule has 46 heavy (non-hydrogen) atoms. The molecule has 3 aromatic carbocycles. The average molecular weight is 744 g/mol. The Bertz CT molecular complexity index is 2020. The van der Waals surface area contributed by atoms with Crippen LogP contribution in [0.25, 0.3) is 6.08 Å². The standard InChI is InChI=1S/C34H29BrCl2N2O6S/c1-5-13-44-24-11-8-21(9-12-24)30-29(33(41)43-6-2)19(3)38-34-39(30)32(40)28(46-34)16-20-14-25(35)31(27(15-20)42-4)45-18-22-7-10-23(36)17-26(22)37/h5,7-12,14-17,30H,1,6,13,18H2,2-4H3/b28-16-/t30-/m1/s1. The zero-order chi connectivity index (χ0) is 33.0. The van der Waals surface area contributed by atoms with E-state index < -0.39 is 12.0 Å². The van der Waals surface area contributed by atoms with Crippen LogP contribution in [-0.4, -0.2) is 30.9 Å². The van der Waals surface area contributed by atoms with E-state index in [1.165, 1.54) is 23.0 Å². The van der Waals surface area contributed by atoms with Crippen LogP contribution < -0.4 is 29.1 Å². The van der Waals surface area contributed by atoms with Gasteiger partial charge in [-0.3, -0.25) is 9.36 Å². The minimum absolute atomic E-state index is 0.185. The molecule has 2 heterocycles. The lowest BCUT2D eigenvalue weighted by molar-refractivity contribution is -0.139. The van der Waals surface area contributed by atoms with Gasteiger partial charge in [0, 0.05) is 15.6 Å². The molecule has 0 radical (unpaired) electrons. The van der Waals surface area contributed by atoms with Crippen LogP contribution in [0.2, 0.25) is 10.0 Å². The van der Waals surface area contributed by atoms with Gasteiger partial charge >= 0.3 is 5.97 Å². The van der Waals surface area contributed by atoms with Gasteiger partial charge in [0.1, 0.15) is 19.0 Å². The maximum atomic E-state index is 14.0. The van der Waals surface area contributed by atoms with Crippen molar-refractivity contribution in [2.75, 3.05) is 20.3 Å². The second kappa shape index (κ2) is 14.7. The number of methoxy groups -OCH3 is 1. The molecule has 0 unspecified atom stereocenters. The molecule has 0 saturated heterocycles.